The summed E-state index contributed by atoms with van der Waals surface area (Å²) in [4.78, 5) is 0. The third-order valence-electron chi connectivity index (χ3n) is 1.97. The number of hydrogen-bond donors (Lipinski definition) is 1. The highest BCUT2D eigenvalue weighted by molar-refractivity contribution is 9.09. The molecule has 0 heterocycles. The van der Waals surface area contributed by atoms with Crippen LogP contribution in [0.4, 0.5) is 0 Å². The van der Waals surface area contributed by atoms with E-state index in [0.717, 1.165) is 19.3 Å². The molecule has 1 aliphatic carbocycles. The van der Waals surface area contributed by atoms with Gasteiger partial charge in [0.25, 0.3) is 0 Å². The van der Waals surface area contributed by atoms with Crippen molar-refractivity contribution in [3.63, 3.8) is 0 Å². The van der Waals surface area contributed by atoms with E-state index in [9.17, 15) is 8.42 Å². The van der Waals surface area contributed by atoms with Crippen LogP contribution in [0.2, 0.25) is 0 Å². The van der Waals surface area contributed by atoms with Crippen molar-refractivity contribution in [1.82, 2.24) is 4.72 Å². The molecule has 1 aliphatic rings. The Morgan fingerprint density at radius 2 is 2.09 bits per heavy atom. The van der Waals surface area contributed by atoms with Gasteiger partial charge in [-0.2, -0.15) is 0 Å². The molecule has 5 heteroatoms. The Bertz CT molecular complexity index is 227. The molecule has 0 aromatic heterocycles. The summed E-state index contributed by atoms with van der Waals surface area (Å²) in [5.41, 5.74) is -0.173. The molecule has 1 fully saturated rings. The van der Waals surface area contributed by atoms with Gasteiger partial charge in [-0.3, -0.25) is 0 Å². The summed E-state index contributed by atoms with van der Waals surface area (Å²) in [6.45, 7) is 0. The predicted octanol–water partition coefficient (Wildman–Crippen LogP) is 0.853. The minimum Gasteiger partial charge on any atom is -0.213 e. The molecule has 1 N–H and O–H groups in total. The van der Waals surface area contributed by atoms with Crippen molar-refractivity contribution in [2.24, 2.45) is 0 Å². The average molecular weight is 242 g/mol. The largest absolute Gasteiger partial charge is 0.213 e. The fourth-order valence-electron chi connectivity index (χ4n) is 1.26. The Morgan fingerprint density at radius 1 is 1.55 bits per heavy atom. The molecule has 3 nitrogen and oxygen atoms in total. The first-order valence-electron chi connectivity index (χ1n) is 3.52. The average Bonchev–Trinajstić information content (AvgIpc) is 1.77. The van der Waals surface area contributed by atoms with Crippen LogP contribution in [0.15, 0.2) is 0 Å². The lowest BCUT2D eigenvalue weighted by molar-refractivity contribution is 0.256. The Balaban J connectivity index is 2.59. The quantitative estimate of drug-likeness (QED) is 0.746. The Hall–Kier alpha value is 0.390. The second kappa shape index (κ2) is 3.03. The van der Waals surface area contributed by atoms with E-state index >= 15 is 0 Å². The fourth-order valence-corrected chi connectivity index (χ4v) is 3.21. The summed E-state index contributed by atoms with van der Waals surface area (Å²) in [5.74, 6) is 0. The molecule has 1 rings (SSSR count). The van der Waals surface area contributed by atoms with Crippen molar-refractivity contribution in [2.45, 2.75) is 24.8 Å². The van der Waals surface area contributed by atoms with Crippen LogP contribution in [0, 0.1) is 0 Å². The molecule has 0 aromatic rings. The maximum Gasteiger partial charge on any atom is 0.209 e. The summed E-state index contributed by atoms with van der Waals surface area (Å²) in [7, 11) is -3.03. The van der Waals surface area contributed by atoms with Crippen LogP contribution in [-0.2, 0) is 10.0 Å². The van der Waals surface area contributed by atoms with Gasteiger partial charge >= 0.3 is 0 Å². The van der Waals surface area contributed by atoms with E-state index in [4.69, 9.17) is 0 Å². The normalized spacial score (nSPS) is 22.7. The minimum atomic E-state index is -3.03. The molecule has 0 radical (unpaired) electrons. The zero-order chi connectivity index (χ0) is 8.54. The summed E-state index contributed by atoms with van der Waals surface area (Å²) in [5, 5.41) is 0.715. The number of halogens is 1. The van der Waals surface area contributed by atoms with Crippen molar-refractivity contribution in [3.05, 3.63) is 0 Å². The molecular formula is C6H12BrNO2S. The van der Waals surface area contributed by atoms with Gasteiger partial charge in [0, 0.05) is 10.9 Å². The van der Waals surface area contributed by atoms with E-state index < -0.39 is 10.0 Å². The maximum atomic E-state index is 10.9. The Kier molecular flexibility index (Phi) is 2.61. The van der Waals surface area contributed by atoms with Crippen molar-refractivity contribution < 1.29 is 8.42 Å². The zero-order valence-electron chi connectivity index (χ0n) is 6.43. The van der Waals surface area contributed by atoms with Crippen LogP contribution < -0.4 is 4.72 Å². The molecule has 66 valence electrons. The first-order chi connectivity index (χ1) is 4.97. The van der Waals surface area contributed by atoms with Gasteiger partial charge in [0.1, 0.15) is 0 Å². The lowest BCUT2D eigenvalue weighted by Crippen LogP contribution is -2.54. The van der Waals surface area contributed by atoms with E-state index in [1.165, 1.54) is 6.26 Å². The molecule has 11 heavy (non-hydrogen) atoms. The smallest absolute Gasteiger partial charge is 0.209 e. The summed E-state index contributed by atoms with van der Waals surface area (Å²) in [6.07, 6.45) is 4.22. The topological polar surface area (TPSA) is 46.2 Å². The van der Waals surface area contributed by atoms with Crippen LogP contribution in [0.5, 0.6) is 0 Å². The lowest BCUT2D eigenvalue weighted by atomic mass is 9.80. The number of sulfonamides is 1. The Morgan fingerprint density at radius 3 is 2.18 bits per heavy atom. The van der Waals surface area contributed by atoms with E-state index in [2.05, 4.69) is 20.7 Å². The van der Waals surface area contributed by atoms with Gasteiger partial charge in [-0.25, -0.2) is 13.1 Å². The van der Waals surface area contributed by atoms with Crippen molar-refractivity contribution in [2.75, 3.05) is 11.6 Å². The van der Waals surface area contributed by atoms with E-state index in [1.54, 1.807) is 0 Å². The second-order valence-electron chi connectivity index (χ2n) is 3.14. The van der Waals surface area contributed by atoms with Gasteiger partial charge in [-0.15, -0.1) is 0 Å². The van der Waals surface area contributed by atoms with Gasteiger partial charge in [0.15, 0.2) is 0 Å². The van der Waals surface area contributed by atoms with Gasteiger partial charge in [0.05, 0.1) is 6.26 Å². The molecule has 0 amide bonds. The molecule has 0 bridgehead atoms. The molecule has 0 unspecified atom stereocenters. The highest BCUT2D eigenvalue weighted by atomic mass is 79.9. The first kappa shape index (κ1) is 9.48. The first-order valence-corrected chi connectivity index (χ1v) is 6.54. The number of rotatable bonds is 3. The monoisotopic (exact) mass is 241 g/mol. The third kappa shape index (κ3) is 2.42. The van der Waals surface area contributed by atoms with E-state index in [0.29, 0.717) is 5.33 Å². The van der Waals surface area contributed by atoms with Crippen molar-refractivity contribution in [1.29, 1.82) is 0 Å². The van der Waals surface area contributed by atoms with Crippen LogP contribution in [0.3, 0.4) is 0 Å². The van der Waals surface area contributed by atoms with Gasteiger partial charge < -0.3 is 0 Å². The number of alkyl halides is 1. The van der Waals surface area contributed by atoms with Crippen LogP contribution in [0.25, 0.3) is 0 Å². The zero-order valence-corrected chi connectivity index (χ0v) is 8.83. The Labute approximate surface area is 75.7 Å². The second-order valence-corrected chi connectivity index (χ2v) is 5.45. The molecule has 0 aromatic carbocycles. The fraction of sp³-hybridized carbons (Fsp3) is 1.00. The summed E-state index contributed by atoms with van der Waals surface area (Å²) in [6, 6.07) is 0. The van der Waals surface area contributed by atoms with Crippen LogP contribution in [-0.4, -0.2) is 25.5 Å². The van der Waals surface area contributed by atoms with Crippen LogP contribution >= 0.6 is 15.9 Å². The SMILES string of the molecule is CS(=O)(=O)NC1(CBr)CCC1. The van der Waals surface area contributed by atoms with Gasteiger partial charge in [-0.1, -0.05) is 15.9 Å². The summed E-state index contributed by atoms with van der Waals surface area (Å²) < 4.78 is 24.4. The molecule has 0 atom stereocenters. The van der Waals surface area contributed by atoms with Crippen molar-refractivity contribution in [3.8, 4) is 0 Å². The van der Waals surface area contributed by atoms with Gasteiger partial charge in [0.2, 0.25) is 10.0 Å². The predicted molar refractivity (Wildman–Crippen MR) is 48.4 cm³/mol. The third-order valence-corrected chi connectivity index (χ3v) is 3.85. The minimum absolute atomic E-state index is 0.173. The molecular weight excluding hydrogens is 230 g/mol. The lowest BCUT2D eigenvalue weighted by Gasteiger charge is -2.40. The van der Waals surface area contributed by atoms with E-state index in [-0.39, 0.29) is 5.54 Å². The van der Waals surface area contributed by atoms with Crippen LogP contribution in [0.1, 0.15) is 19.3 Å². The molecule has 1 saturated carbocycles. The van der Waals surface area contributed by atoms with Crippen molar-refractivity contribution >= 4 is 26.0 Å². The summed E-state index contributed by atoms with van der Waals surface area (Å²) >= 11 is 3.31. The highest BCUT2D eigenvalue weighted by Crippen LogP contribution is 2.33. The molecule has 0 saturated heterocycles. The molecule has 0 aliphatic heterocycles. The number of hydrogen-bond acceptors (Lipinski definition) is 2. The van der Waals surface area contributed by atoms with Gasteiger partial charge in [-0.05, 0) is 19.3 Å². The number of nitrogens with one attached hydrogen (secondary N) is 1. The molecule has 0 spiro atoms. The highest BCUT2D eigenvalue weighted by Gasteiger charge is 2.38. The van der Waals surface area contributed by atoms with E-state index in [1.807, 2.05) is 0 Å². The maximum absolute atomic E-state index is 10.9. The standard InChI is InChI=1S/C6H12BrNO2S/c1-11(9,10)8-6(5-7)3-2-4-6/h8H,2-5H2,1H3.